The zero-order chi connectivity index (χ0) is 18.1. The summed E-state index contributed by atoms with van der Waals surface area (Å²) in [7, 11) is 3.11. The van der Waals surface area contributed by atoms with Crippen LogP contribution in [0.4, 0.5) is 0 Å². The molecule has 0 aliphatic rings. The summed E-state index contributed by atoms with van der Waals surface area (Å²) in [6, 6.07) is 14.2. The molecule has 130 valence electrons. The SMILES string of the molecule is COc1ccc(-c2nnc(-c3cc4cccc(OC)c4oc3=O)o2)cc1. The Kier molecular flexibility index (Phi) is 3.89. The summed E-state index contributed by atoms with van der Waals surface area (Å²) in [4.78, 5) is 12.4. The number of ether oxygens (including phenoxy) is 2. The molecule has 2 heterocycles. The van der Waals surface area contributed by atoms with Crippen molar-refractivity contribution in [3.8, 4) is 34.4 Å². The third kappa shape index (κ3) is 2.69. The lowest BCUT2D eigenvalue weighted by Gasteiger charge is -2.04. The maximum Gasteiger partial charge on any atom is 0.349 e. The number of hydrogen-bond donors (Lipinski definition) is 0. The van der Waals surface area contributed by atoms with E-state index in [-0.39, 0.29) is 11.5 Å². The van der Waals surface area contributed by atoms with Gasteiger partial charge >= 0.3 is 5.63 Å². The summed E-state index contributed by atoms with van der Waals surface area (Å²) >= 11 is 0. The van der Waals surface area contributed by atoms with Crippen molar-refractivity contribution >= 4 is 11.0 Å². The van der Waals surface area contributed by atoms with Gasteiger partial charge in [0.1, 0.15) is 11.3 Å². The molecule has 7 heteroatoms. The van der Waals surface area contributed by atoms with E-state index < -0.39 is 5.63 Å². The lowest BCUT2D eigenvalue weighted by atomic mass is 10.2. The van der Waals surface area contributed by atoms with Crippen LogP contribution in [0.5, 0.6) is 11.5 Å². The van der Waals surface area contributed by atoms with E-state index in [9.17, 15) is 4.79 Å². The van der Waals surface area contributed by atoms with Gasteiger partial charge in [-0.1, -0.05) is 12.1 Å². The number of aromatic nitrogens is 2. The van der Waals surface area contributed by atoms with Gasteiger partial charge in [0.25, 0.3) is 5.89 Å². The van der Waals surface area contributed by atoms with Crippen molar-refractivity contribution in [2.45, 2.75) is 0 Å². The van der Waals surface area contributed by atoms with Gasteiger partial charge in [-0.3, -0.25) is 0 Å². The first kappa shape index (κ1) is 15.9. The first-order chi connectivity index (χ1) is 12.7. The minimum absolute atomic E-state index is 0.0919. The second-order valence-electron chi connectivity index (χ2n) is 5.47. The molecule has 0 spiro atoms. The fourth-order valence-electron chi connectivity index (χ4n) is 2.61. The van der Waals surface area contributed by atoms with Crippen molar-refractivity contribution in [2.24, 2.45) is 0 Å². The summed E-state index contributed by atoms with van der Waals surface area (Å²) in [5.41, 5.74) is 0.708. The number of fused-ring (bicyclic) bond motifs is 1. The Labute approximate surface area is 147 Å². The number of para-hydroxylation sites is 1. The minimum Gasteiger partial charge on any atom is -0.497 e. The second-order valence-corrected chi connectivity index (χ2v) is 5.47. The standard InChI is InChI=1S/C19H14N2O5/c1-23-13-8-6-11(7-9-13)17-20-21-18(26-17)14-10-12-4-3-5-15(24-2)16(12)25-19(14)22/h3-10H,1-2H3. The Hall–Kier alpha value is -3.61. The molecule has 7 nitrogen and oxygen atoms in total. The lowest BCUT2D eigenvalue weighted by Crippen LogP contribution is -2.03. The zero-order valence-corrected chi connectivity index (χ0v) is 14.1. The highest BCUT2D eigenvalue weighted by Crippen LogP contribution is 2.28. The van der Waals surface area contributed by atoms with E-state index in [0.29, 0.717) is 22.6 Å². The first-order valence-electron chi connectivity index (χ1n) is 7.79. The van der Waals surface area contributed by atoms with Gasteiger partial charge in [0.15, 0.2) is 11.3 Å². The van der Waals surface area contributed by atoms with Crippen LogP contribution in [-0.4, -0.2) is 24.4 Å². The molecule has 0 saturated carbocycles. The number of nitrogens with zero attached hydrogens (tertiary/aromatic N) is 2. The molecule has 0 aliphatic heterocycles. The van der Waals surface area contributed by atoms with Crippen molar-refractivity contribution in [3.05, 3.63) is 59.0 Å². The van der Waals surface area contributed by atoms with Gasteiger partial charge in [0.05, 0.1) is 14.2 Å². The number of benzene rings is 2. The fraction of sp³-hybridized carbons (Fsp3) is 0.105. The maximum absolute atomic E-state index is 12.4. The molecule has 0 amide bonds. The van der Waals surface area contributed by atoms with Crippen LogP contribution >= 0.6 is 0 Å². The van der Waals surface area contributed by atoms with Crippen LogP contribution in [0.2, 0.25) is 0 Å². The van der Waals surface area contributed by atoms with Crippen molar-refractivity contribution in [3.63, 3.8) is 0 Å². The molecule has 4 aromatic rings. The Balaban J connectivity index is 1.77. The Morgan fingerprint density at radius 1 is 0.885 bits per heavy atom. The molecule has 4 rings (SSSR count). The number of hydrogen-bond acceptors (Lipinski definition) is 7. The van der Waals surface area contributed by atoms with E-state index in [0.717, 1.165) is 11.3 Å². The van der Waals surface area contributed by atoms with E-state index in [2.05, 4.69) is 10.2 Å². The molecule has 2 aromatic carbocycles. The molecule has 2 aromatic heterocycles. The third-order valence-electron chi connectivity index (χ3n) is 3.94. The summed E-state index contributed by atoms with van der Waals surface area (Å²) in [6.45, 7) is 0. The van der Waals surface area contributed by atoms with Gasteiger partial charge in [-0.15, -0.1) is 10.2 Å². The predicted octanol–water partition coefficient (Wildman–Crippen LogP) is 3.53. The van der Waals surface area contributed by atoms with Gasteiger partial charge < -0.3 is 18.3 Å². The van der Waals surface area contributed by atoms with Crippen molar-refractivity contribution < 1.29 is 18.3 Å². The summed E-state index contributed by atoms with van der Waals surface area (Å²) in [5, 5.41) is 8.68. The summed E-state index contributed by atoms with van der Waals surface area (Å²) < 4.78 is 21.4. The van der Waals surface area contributed by atoms with Crippen molar-refractivity contribution in [1.29, 1.82) is 0 Å². The molecule has 0 unspecified atom stereocenters. The van der Waals surface area contributed by atoms with E-state index in [1.54, 1.807) is 43.5 Å². The highest BCUT2D eigenvalue weighted by atomic mass is 16.5. The second kappa shape index (κ2) is 6.36. The molecule has 0 radical (unpaired) electrons. The monoisotopic (exact) mass is 350 g/mol. The van der Waals surface area contributed by atoms with E-state index in [4.69, 9.17) is 18.3 Å². The number of methoxy groups -OCH3 is 2. The quantitative estimate of drug-likeness (QED) is 0.520. The van der Waals surface area contributed by atoms with Crippen molar-refractivity contribution in [1.82, 2.24) is 10.2 Å². The van der Waals surface area contributed by atoms with Gasteiger partial charge in [-0.25, -0.2) is 4.79 Å². The summed E-state index contributed by atoms with van der Waals surface area (Å²) in [5.74, 6) is 1.59. The molecule has 0 fully saturated rings. The average molecular weight is 350 g/mol. The molecule has 0 aliphatic carbocycles. The van der Waals surface area contributed by atoms with Gasteiger partial charge in [-0.2, -0.15) is 0 Å². The fourth-order valence-corrected chi connectivity index (χ4v) is 2.61. The van der Waals surface area contributed by atoms with Crippen LogP contribution in [0.15, 0.2) is 62.2 Å². The van der Waals surface area contributed by atoms with Crippen molar-refractivity contribution in [2.75, 3.05) is 14.2 Å². The Morgan fingerprint density at radius 3 is 2.38 bits per heavy atom. The zero-order valence-electron chi connectivity index (χ0n) is 14.1. The van der Waals surface area contributed by atoms with E-state index >= 15 is 0 Å². The Bertz CT molecular complexity index is 1130. The van der Waals surface area contributed by atoms with Crippen LogP contribution in [0, 0.1) is 0 Å². The van der Waals surface area contributed by atoms with Crippen LogP contribution in [0.3, 0.4) is 0 Å². The van der Waals surface area contributed by atoms with Gasteiger partial charge in [0, 0.05) is 10.9 Å². The van der Waals surface area contributed by atoms with E-state index in [1.165, 1.54) is 7.11 Å². The smallest absolute Gasteiger partial charge is 0.349 e. The molecular weight excluding hydrogens is 336 g/mol. The highest BCUT2D eigenvalue weighted by Gasteiger charge is 2.17. The average Bonchev–Trinajstić information content (AvgIpc) is 3.17. The normalized spacial score (nSPS) is 10.8. The third-order valence-corrected chi connectivity index (χ3v) is 3.94. The maximum atomic E-state index is 12.4. The largest absolute Gasteiger partial charge is 0.497 e. The highest BCUT2D eigenvalue weighted by molar-refractivity contribution is 5.85. The van der Waals surface area contributed by atoms with Gasteiger partial charge in [-0.05, 0) is 36.4 Å². The van der Waals surface area contributed by atoms with Crippen LogP contribution in [-0.2, 0) is 0 Å². The molecule has 0 N–H and O–H groups in total. The first-order valence-corrected chi connectivity index (χ1v) is 7.79. The molecule has 0 atom stereocenters. The Morgan fingerprint density at radius 2 is 1.65 bits per heavy atom. The lowest BCUT2D eigenvalue weighted by molar-refractivity contribution is 0.406. The topological polar surface area (TPSA) is 87.6 Å². The minimum atomic E-state index is -0.577. The molecule has 26 heavy (non-hydrogen) atoms. The predicted molar refractivity (Wildman–Crippen MR) is 94.3 cm³/mol. The molecular formula is C19H14N2O5. The van der Waals surface area contributed by atoms with Crippen LogP contribution < -0.4 is 15.1 Å². The van der Waals surface area contributed by atoms with Crippen LogP contribution in [0.1, 0.15) is 0 Å². The van der Waals surface area contributed by atoms with E-state index in [1.807, 2.05) is 12.1 Å². The van der Waals surface area contributed by atoms with Gasteiger partial charge in [0.2, 0.25) is 5.89 Å². The molecule has 0 bridgehead atoms. The van der Waals surface area contributed by atoms with Crippen LogP contribution in [0.25, 0.3) is 33.9 Å². The summed E-state index contributed by atoms with van der Waals surface area (Å²) in [6.07, 6.45) is 0. The molecule has 0 saturated heterocycles. The number of rotatable bonds is 4.